The fourth-order valence-electron chi connectivity index (χ4n) is 2.65. The largest absolute Gasteiger partial charge is 1.00 e. The topological polar surface area (TPSA) is 8.81 Å². The summed E-state index contributed by atoms with van der Waals surface area (Å²) in [5.74, 6) is -0.646. The van der Waals surface area contributed by atoms with Crippen LogP contribution < -0.4 is 21.5 Å². The molecule has 0 radical (unpaired) electrons. The Balaban J connectivity index is 0.00000176. The molecule has 3 aromatic rings. The standard InChI is InChI=1S/C16H14F3N2.BrH/c1-20-13-9-5-6-10-14(13)21(15(20)16(17,18)19)11-12-7-3-2-4-8-12;/h2-10H,11H2,1H3;1H/q+1;/p-1. The van der Waals surface area contributed by atoms with Crippen LogP contribution in [0.3, 0.4) is 0 Å². The smallest absolute Gasteiger partial charge is 0.495 e. The number of hydrogen-bond acceptors (Lipinski definition) is 0. The number of imidazole rings is 1. The van der Waals surface area contributed by atoms with Gasteiger partial charge < -0.3 is 17.0 Å². The molecule has 0 atom stereocenters. The lowest BCUT2D eigenvalue weighted by Gasteiger charge is -2.06. The molecule has 0 aliphatic heterocycles. The number of aryl methyl sites for hydroxylation is 1. The van der Waals surface area contributed by atoms with E-state index in [-0.39, 0.29) is 23.5 Å². The Hall–Kier alpha value is -1.82. The summed E-state index contributed by atoms with van der Waals surface area (Å²) in [6.07, 6.45) is -4.40. The van der Waals surface area contributed by atoms with E-state index in [9.17, 15) is 13.2 Å². The van der Waals surface area contributed by atoms with Crippen LogP contribution in [0.15, 0.2) is 54.6 Å². The molecule has 0 saturated carbocycles. The number of para-hydroxylation sites is 2. The van der Waals surface area contributed by atoms with Crippen LogP contribution in [-0.4, -0.2) is 4.57 Å². The van der Waals surface area contributed by atoms with Gasteiger partial charge >= 0.3 is 12.0 Å². The summed E-state index contributed by atoms with van der Waals surface area (Å²) in [4.78, 5) is 0. The minimum atomic E-state index is -4.40. The lowest BCUT2D eigenvalue weighted by Crippen LogP contribution is -3.00. The highest BCUT2D eigenvalue weighted by Gasteiger charge is 2.46. The first kappa shape index (κ1) is 16.5. The summed E-state index contributed by atoms with van der Waals surface area (Å²) < 4.78 is 42.8. The van der Waals surface area contributed by atoms with Gasteiger partial charge in [0.1, 0.15) is 6.54 Å². The van der Waals surface area contributed by atoms with E-state index in [0.29, 0.717) is 11.0 Å². The number of aromatic nitrogens is 2. The fourth-order valence-corrected chi connectivity index (χ4v) is 2.65. The van der Waals surface area contributed by atoms with Crippen molar-refractivity contribution in [2.24, 2.45) is 7.05 Å². The summed E-state index contributed by atoms with van der Waals surface area (Å²) in [6.45, 7) is 0.192. The fraction of sp³-hybridized carbons (Fsp3) is 0.188. The number of hydrogen-bond donors (Lipinski definition) is 0. The Labute approximate surface area is 136 Å². The average Bonchev–Trinajstić information content (AvgIpc) is 2.73. The Kier molecular flexibility index (Phi) is 4.60. The lowest BCUT2D eigenvalue weighted by atomic mass is 10.2. The Bertz CT molecular complexity index is 779. The van der Waals surface area contributed by atoms with Crippen molar-refractivity contribution in [2.75, 3.05) is 0 Å². The molecule has 2 nitrogen and oxygen atoms in total. The average molecular weight is 371 g/mol. The molecule has 0 amide bonds. The number of rotatable bonds is 2. The Morgan fingerprint density at radius 1 is 0.955 bits per heavy atom. The zero-order chi connectivity index (χ0) is 15.0. The van der Waals surface area contributed by atoms with Crippen LogP contribution in [0.2, 0.25) is 0 Å². The first-order valence-electron chi connectivity index (χ1n) is 6.57. The van der Waals surface area contributed by atoms with Gasteiger partial charge in [-0.2, -0.15) is 13.2 Å². The highest BCUT2D eigenvalue weighted by Crippen LogP contribution is 2.30. The van der Waals surface area contributed by atoms with Crippen molar-refractivity contribution in [3.63, 3.8) is 0 Å². The van der Waals surface area contributed by atoms with E-state index >= 15 is 0 Å². The number of alkyl halides is 3. The van der Waals surface area contributed by atoms with Crippen LogP contribution in [0.5, 0.6) is 0 Å². The van der Waals surface area contributed by atoms with Crippen molar-refractivity contribution in [3.05, 3.63) is 66.0 Å². The van der Waals surface area contributed by atoms with E-state index in [2.05, 4.69) is 0 Å². The van der Waals surface area contributed by atoms with E-state index in [4.69, 9.17) is 0 Å². The molecule has 0 aliphatic carbocycles. The molecule has 0 saturated heterocycles. The minimum absolute atomic E-state index is 0. The van der Waals surface area contributed by atoms with Gasteiger partial charge in [0.25, 0.3) is 0 Å². The van der Waals surface area contributed by atoms with E-state index in [0.717, 1.165) is 5.56 Å². The third-order valence-electron chi connectivity index (χ3n) is 3.54. The predicted molar refractivity (Wildman–Crippen MR) is 73.7 cm³/mol. The second-order valence-electron chi connectivity index (χ2n) is 4.94. The zero-order valence-corrected chi connectivity index (χ0v) is 13.4. The quantitative estimate of drug-likeness (QED) is 0.582. The SMILES string of the molecule is C[n+]1c(C(F)(F)F)n(Cc2ccccc2)c2ccccc21.[Br-]. The molecule has 6 heteroatoms. The first-order valence-corrected chi connectivity index (χ1v) is 6.57. The first-order chi connectivity index (χ1) is 9.98. The highest BCUT2D eigenvalue weighted by atomic mass is 79.9. The minimum Gasteiger partial charge on any atom is -1.00 e. The van der Waals surface area contributed by atoms with Crippen LogP contribution in [0.1, 0.15) is 11.4 Å². The number of halogens is 4. The van der Waals surface area contributed by atoms with Gasteiger partial charge in [-0.25, -0.2) is 9.13 Å². The van der Waals surface area contributed by atoms with Crippen LogP contribution in [0.4, 0.5) is 13.2 Å². The van der Waals surface area contributed by atoms with Crippen LogP contribution >= 0.6 is 0 Å². The van der Waals surface area contributed by atoms with E-state index in [1.54, 1.807) is 24.3 Å². The molecule has 0 N–H and O–H groups in total. The van der Waals surface area contributed by atoms with Crippen molar-refractivity contribution in [1.29, 1.82) is 0 Å². The molecular weight excluding hydrogens is 357 g/mol. The van der Waals surface area contributed by atoms with Crippen molar-refractivity contribution >= 4 is 11.0 Å². The van der Waals surface area contributed by atoms with Gasteiger partial charge in [0, 0.05) is 0 Å². The van der Waals surface area contributed by atoms with Gasteiger partial charge in [0.15, 0.2) is 11.0 Å². The maximum Gasteiger partial charge on any atom is 0.495 e. The molecule has 1 heterocycles. The van der Waals surface area contributed by atoms with Crippen molar-refractivity contribution in [3.8, 4) is 0 Å². The molecule has 0 bridgehead atoms. The van der Waals surface area contributed by atoms with Gasteiger partial charge in [0.2, 0.25) is 0 Å². The van der Waals surface area contributed by atoms with Crippen LogP contribution in [-0.2, 0) is 19.8 Å². The summed E-state index contributed by atoms with van der Waals surface area (Å²) in [5.41, 5.74) is 1.99. The van der Waals surface area contributed by atoms with Crippen molar-refractivity contribution < 1.29 is 34.7 Å². The van der Waals surface area contributed by atoms with Gasteiger partial charge in [-0.05, 0) is 17.7 Å². The monoisotopic (exact) mass is 370 g/mol. The number of fused-ring (bicyclic) bond motifs is 1. The Morgan fingerprint density at radius 3 is 2.18 bits per heavy atom. The van der Waals surface area contributed by atoms with Gasteiger partial charge in [-0.15, -0.1) is 0 Å². The molecule has 3 rings (SSSR count). The molecule has 116 valence electrons. The second-order valence-corrected chi connectivity index (χ2v) is 4.94. The Morgan fingerprint density at radius 2 is 1.55 bits per heavy atom. The van der Waals surface area contributed by atoms with E-state index in [1.807, 2.05) is 30.3 Å². The number of benzene rings is 2. The van der Waals surface area contributed by atoms with Crippen molar-refractivity contribution in [1.82, 2.24) is 4.57 Å². The lowest BCUT2D eigenvalue weighted by molar-refractivity contribution is -0.667. The normalized spacial score (nSPS) is 11.5. The number of nitrogens with zero attached hydrogens (tertiary/aromatic N) is 2. The molecule has 0 spiro atoms. The van der Waals surface area contributed by atoms with Gasteiger partial charge in [-0.1, -0.05) is 42.5 Å². The van der Waals surface area contributed by atoms with Gasteiger partial charge in [0.05, 0.1) is 7.05 Å². The second kappa shape index (κ2) is 6.12. The summed E-state index contributed by atoms with van der Waals surface area (Å²) in [6, 6.07) is 16.1. The van der Waals surface area contributed by atoms with E-state index < -0.39 is 12.0 Å². The van der Waals surface area contributed by atoms with Crippen LogP contribution in [0.25, 0.3) is 11.0 Å². The molecule has 0 aliphatic rings. The molecule has 0 fully saturated rings. The molecule has 1 aromatic heterocycles. The highest BCUT2D eigenvalue weighted by molar-refractivity contribution is 5.72. The predicted octanol–water partition coefficient (Wildman–Crippen LogP) is 0.537. The zero-order valence-electron chi connectivity index (χ0n) is 11.8. The van der Waals surface area contributed by atoms with Crippen molar-refractivity contribution in [2.45, 2.75) is 12.7 Å². The molecular formula is C16H14BrF3N2. The maximum absolute atomic E-state index is 13.4. The third-order valence-corrected chi connectivity index (χ3v) is 3.54. The van der Waals surface area contributed by atoms with Crippen LogP contribution in [0, 0.1) is 0 Å². The third kappa shape index (κ3) is 2.88. The summed E-state index contributed by atoms with van der Waals surface area (Å²) in [7, 11) is 1.45. The van der Waals surface area contributed by atoms with Gasteiger partial charge in [-0.3, -0.25) is 0 Å². The molecule has 22 heavy (non-hydrogen) atoms. The maximum atomic E-state index is 13.4. The summed E-state index contributed by atoms with van der Waals surface area (Å²) in [5, 5.41) is 0. The van der Waals surface area contributed by atoms with E-state index in [1.165, 1.54) is 16.2 Å². The molecule has 0 unspecified atom stereocenters. The summed E-state index contributed by atoms with van der Waals surface area (Å²) >= 11 is 0. The molecule has 2 aromatic carbocycles.